The van der Waals surface area contributed by atoms with Crippen molar-refractivity contribution in [3.63, 3.8) is 0 Å². The maximum atomic E-state index is 12.6. The SMILES string of the molecule is COC(=O)/C(C#N)=C1\SCC(=O)N1c1ccc(C(F)(F)F)cc1. The van der Waals surface area contributed by atoms with Crippen molar-refractivity contribution >= 4 is 29.3 Å². The molecule has 1 aromatic rings. The number of amides is 1. The van der Waals surface area contributed by atoms with Crippen molar-refractivity contribution in [3.05, 3.63) is 40.4 Å². The van der Waals surface area contributed by atoms with Gasteiger partial charge in [-0.3, -0.25) is 9.69 Å². The topological polar surface area (TPSA) is 70.4 Å². The molecule has 0 spiro atoms. The van der Waals surface area contributed by atoms with E-state index in [9.17, 15) is 22.8 Å². The summed E-state index contributed by atoms with van der Waals surface area (Å²) in [6.45, 7) is 0. The van der Waals surface area contributed by atoms with Crippen LogP contribution in [0.15, 0.2) is 34.9 Å². The minimum Gasteiger partial charge on any atom is -0.465 e. The second-order valence-corrected chi connectivity index (χ2v) is 5.31. The number of halogens is 3. The van der Waals surface area contributed by atoms with Crippen molar-refractivity contribution in [2.75, 3.05) is 17.8 Å². The summed E-state index contributed by atoms with van der Waals surface area (Å²) in [5.74, 6) is -1.39. The average Bonchev–Trinajstić information content (AvgIpc) is 2.88. The molecule has 0 atom stereocenters. The zero-order valence-corrected chi connectivity index (χ0v) is 12.5. The summed E-state index contributed by atoms with van der Waals surface area (Å²) >= 11 is 0.950. The molecular weight excluding hydrogens is 333 g/mol. The van der Waals surface area contributed by atoms with Crippen LogP contribution < -0.4 is 4.90 Å². The Morgan fingerprint density at radius 2 is 1.96 bits per heavy atom. The monoisotopic (exact) mass is 342 g/mol. The Morgan fingerprint density at radius 3 is 2.43 bits per heavy atom. The lowest BCUT2D eigenvalue weighted by molar-refractivity contribution is -0.137. The number of hydrogen-bond acceptors (Lipinski definition) is 5. The predicted octanol–water partition coefficient (Wildman–Crippen LogP) is 2.69. The van der Waals surface area contributed by atoms with Crippen molar-refractivity contribution in [2.24, 2.45) is 0 Å². The maximum Gasteiger partial charge on any atom is 0.416 e. The van der Waals surface area contributed by atoms with Crippen molar-refractivity contribution in [1.29, 1.82) is 5.26 Å². The fourth-order valence-corrected chi connectivity index (χ4v) is 2.90. The van der Waals surface area contributed by atoms with E-state index in [0.717, 1.165) is 48.0 Å². The van der Waals surface area contributed by atoms with Crippen molar-refractivity contribution in [3.8, 4) is 6.07 Å². The Hall–Kier alpha value is -2.47. The van der Waals surface area contributed by atoms with Gasteiger partial charge in [0, 0.05) is 5.69 Å². The highest BCUT2D eigenvalue weighted by molar-refractivity contribution is 8.04. The number of rotatable bonds is 2. The van der Waals surface area contributed by atoms with Gasteiger partial charge < -0.3 is 4.74 Å². The minimum absolute atomic E-state index is 0.0292. The molecule has 23 heavy (non-hydrogen) atoms. The molecule has 1 saturated heterocycles. The summed E-state index contributed by atoms with van der Waals surface area (Å²) in [5.41, 5.74) is -1.09. The van der Waals surface area contributed by atoms with Crippen molar-refractivity contribution in [1.82, 2.24) is 0 Å². The number of carbonyl (C=O) groups excluding carboxylic acids is 2. The molecule has 0 aromatic heterocycles. The fourth-order valence-electron chi connectivity index (χ4n) is 1.90. The van der Waals surface area contributed by atoms with Crippen LogP contribution in [-0.4, -0.2) is 24.7 Å². The molecular formula is C14H9F3N2O3S. The van der Waals surface area contributed by atoms with Crippen LogP contribution in [0.2, 0.25) is 0 Å². The number of methoxy groups -OCH3 is 1. The molecule has 1 aliphatic rings. The number of anilines is 1. The van der Waals surface area contributed by atoms with Crippen LogP contribution in [0.5, 0.6) is 0 Å². The van der Waals surface area contributed by atoms with Gasteiger partial charge in [0.1, 0.15) is 11.1 Å². The minimum atomic E-state index is -4.50. The van der Waals surface area contributed by atoms with Gasteiger partial charge in [-0.2, -0.15) is 18.4 Å². The van der Waals surface area contributed by atoms with E-state index in [1.165, 1.54) is 0 Å². The largest absolute Gasteiger partial charge is 0.465 e. The van der Waals surface area contributed by atoms with Gasteiger partial charge >= 0.3 is 12.1 Å². The number of carbonyl (C=O) groups is 2. The van der Waals surface area contributed by atoms with Gasteiger partial charge in [0.25, 0.3) is 0 Å². The van der Waals surface area contributed by atoms with Crippen molar-refractivity contribution in [2.45, 2.75) is 6.18 Å². The first-order chi connectivity index (χ1) is 10.8. The smallest absolute Gasteiger partial charge is 0.416 e. The van der Waals surface area contributed by atoms with E-state index in [1.54, 1.807) is 6.07 Å². The third-order valence-corrected chi connectivity index (χ3v) is 4.00. The second kappa shape index (κ2) is 6.34. The van der Waals surface area contributed by atoms with E-state index < -0.39 is 23.6 Å². The molecule has 0 N–H and O–H groups in total. The molecule has 1 aliphatic heterocycles. The van der Waals surface area contributed by atoms with Crippen molar-refractivity contribution < 1.29 is 27.5 Å². The molecule has 9 heteroatoms. The van der Waals surface area contributed by atoms with Gasteiger partial charge in [-0.25, -0.2) is 4.79 Å². The average molecular weight is 342 g/mol. The number of nitriles is 1. The van der Waals surface area contributed by atoms with Crippen LogP contribution in [0.25, 0.3) is 0 Å². The molecule has 0 unspecified atom stereocenters. The first kappa shape index (κ1) is 16.9. The molecule has 120 valence electrons. The van der Waals surface area contributed by atoms with Gasteiger partial charge in [0.15, 0.2) is 5.57 Å². The predicted molar refractivity (Wildman–Crippen MR) is 76.0 cm³/mol. The Bertz CT molecular complexity index is 720. The lowest BCUT2D eigenvalue weighted by atomic mass is 10.2. The van der Waals surface area contributed by atoms with Crippen LogP contribution in [0, 0.1) is 11.3 Å². The maximum absolute atomic E-state index is 12.6. The second-order valence-electron chi connectivity index (χ2n) is 4.35. The summed E-state index contributed by atoms with van der Waals surface area (Å²) in [4.78, 5) is 24.6. The summed E-state index contributed by atoms with van der Waals surface area (Å²) in [6, 6.07) is 5.53. The number of hydrogen-bond donors (Lipinski definition) is 0. The summed E-state index contributed by atoms with van der Waals surface area (Å²) in [6.07, 6.45) is -4.50. The highest BCUT2D eigenvalue weighted by atomic mass is 32.2. The molecule has 1 aromatic carbocycles. The highest BCUT2D eigenvalue weighted by Gasteiger charge is 2.35. The number of thioether (sulfide) groups is 1. The van der Waals surface area contributed by atoms with E-state index in [-0.39, 0.29) is 22.0 Å². The number of ether oxygens (including phenoxy) is 1. The molecule has 5 nitrogen and oxygen atoms in total. The van der Waals surface area contributed by atoms with E-state index in [1.807, 2.05) is 0 Å². The molecule has 2 rings (SSSR count). The first-order valence-corrected chi connectivity index (χ1v) is 7.14. The van der Waals surface area contributed by atoms with E-state index in [4.69, 9.17) is 5.26 Å². The lowest BCUT2D eigenvalue weighted by Crippen LogP contribution is -2.26. The zero-order chi connectivity index (χ0) is 17.2. The summed E-state index contributed by atoms with van der Waals surface area (Å²) in [7, 11) is 1.09. The third-order valence-electron chi connectivity index (χ3n) is 2.95. The Labute approximate surface area is 133 Å². The first-order valence-electron chi connectivity index (χ1n) is 6.15. The standard InChI is InChI=1S/C14H9F3N2O3S/c1-22-13(21)10(6-18)12-19(11(20)7-23-12)9-4-2-8(3-5-9)14(15,16)17/h2-5H,7H2,1H3/b12-10-. The number of esters is 1. The van der Waals surface area contributed by atoms with Crippen LogP contribution in [0.3, 0.4) is 0 Å². The molecule has 0 radical (unpaired) electrons. The number of alkyl halides is 3. The molecule has 1 fully saturated rings. The highest BCUT2D eigenvalue weighted by Crippen LogP contribution is 2.37. The molecule has 0 saturated carbocycles. The van der Waals surface area contributed by atoms with Gasteiger partial charge in [0.2, 0.25) is 5.91 Å². The van der Waals surface area contributed by atoms with Crippen LogP contribution in [0.1, 0.15) is 5.56 Å². The number of benzene rings is 1. The van der Waals surface area contributed by atoms with Crippen LogP contribution in [-0.2, 0) is 20.5 Å². The molecule has 1 amide bonds. The Balaban J connectivity index is 2.47. The van der Waals surface area contributed by atoms with E-state index in [0.29, 0.717) is 0 Å². The van der Waals surface area contributed by atoms with Gasteiger partial charge in [0.05, 0.1) is 18.4 Å². The zero-order valence-electron chi connectivity index (χ0n) is 11.7. The van der Waals surface area contributed by atoms with Crippen LogP contribution in [0.4, 0.5) is 18.9 Å². The Morgan fingerprint density at radius 1 is 1.35 bits per heavy atom. The third kappa shape index (κ3) is 3.32. The van der Waals surface area contributed by atoms with Gasteiger partial charge in [-0.1, -0.05) is 11.8 Å². The van der Waals surface area contributed by atoms with Crippen LogP contribution >= 0.6 is 11.8 Å². The quantitative estimate of drug-likeness (QED) is 0.469. The normalized spacial score (nSPS) is 17.0. The molecule has 0 aliphatic carbocycles. The molecule has 1 heterocycles. The summed E-state index contributed by atoms with van der Waals surface area (Å²) in [5, 5.41) is 9.13. The Kier molecular flexibility index (Phi) is 4.65. The number of nitrogens with zero attached hydrogens (tertiary/aromatic N) is 2. The van der Waals surface area contributed by atoms with E-state index in [2.05, 4.69) is 4.74 Å². The fraction of sp³-hybridized carbons (Fsp3) is 0.214. The van der Waals surface area contributed by atoms with Gasteiger partial charge in [-0.05, 0) is 24.3 Å². The molecule has 0 bridgehead atoms. The lowest BCUT2D eigenvalue weighted by Gasteiger charge is -2.18. The van der Waals surface area contributed by atoms with Gasteiger partial charge in [-0.15, -0.1) is 0 Å². The van der Waals surface area contributed by atoms with E-state index >= 15 is 0 Å². The summed E-state index contributed by atoms with van der Waals surface area (Å²) < 4.78 is 42.2.